The van der Waals surface area contributed by atoms with E-state index in [1.165, 1.54) is 18.2 Å². The van der Waals surface area contributed by atoms with Crippen LogP contribution in [0.15, 0.2) is 23.1 Å². The van der Waals surface area contributed by atoms with Gasteiger partial charge in [-0.25, -0.2) is 8.42 Å². The summed E-state index contributed by atoms with van der Waals surface area (Å²) in [6, 6.07) is 3.95. The predicted molar refractivity (Wildman–Crippen MR) is 77.2 cm³/mol. The van der Waals surface area contributed by atoms with Crippen LogP contribution in [-0.4, -0.2) is 38.0 Å². The minimum Gasteiger partial charge on any atom is -0.480 e. The van der Waals surface area contributed by atoms with Gasteiger partial charge in [0, 0.05) is 0 Å². The SMILES string of the molecule is CC(C)C1Oc2ccc(S(=O)(=O)NCC(=O)O)cc2NC1=O. The van der Waals surface area contributed by atoms with Gasteiger partial charge in [0.1, 0.15) is 12.3 Å². The van der Waals surface area contributed by atoms with E-state index in [1.807, 2.05) is 18.6 Å². The van der Waals surface area contributed by atoms with E-state index in [0.717, 1.165) is 0 Å². The average Bonchev–Trinajstić information content (AvgIpc) is 2.43. The first-order valence-electron chi connectivity index (χ1n) is 6.54. The number of carbonyl (C=O) groups is 2. The zero-order valence-corrected chi connectivity index (χ0v) is 12.8. The number of carbonyl (C=O) groups excluding carboxylic acids is 1. The molecule has 1 heterocycles. The number of hydrogen-bond acceptors (Lipinski definition) is 5. The molecule has 1 aliphatic heterocycles. The molecule has 1 aliphatic rings. The molecule has 2 rings (SSSR count). The summed E-state index contributed by atoms with van der Waals surface area (Å²) in [6.45, 7) is 2.95. The summed E-state index contributed by atoms with van der Waals surface area (Å²) in [4.78, 5) is 22.2. The van der Waals surface area contributed by atoms with E-state index >= 15 is 0 Å². The summed E-state index contributed by atoms with van der Waals surface area (Å²) in [6.07, 6.45) is -0.639. The summed E-state index contributed by atoms with van der Waals surface area (Å²) in [5, 5.41) is 11.1. The quantitative estimate of drug-likeness (QED) is 0.719. The number of hydrogen-bond donors (Lipinski definition) is 3. The Kier molecular flexibility index (Phi) is 4.38. The van der Waals surface area contributed by atoms with Crippen LogP contribution in [-0.2, 0) is 19.6 Å². The van der Waals surface area contributed by atoms with E-state index < -0.39 is 28.6 Å². The lowest BCUT2D eigenvalue weighted by atomic mass is 10.0. The van der Waals surface area contributed by atoms with Gasteiger partial charge in [-0.1, -0.05) is 13.8 Å². The fourth-order valence-corrected chi connectivity index (χ4v) is 2.95. The van der Waals surface area contributed by atoms with Gasteiger partial charge < -0.3 is 15.2 Å². The van der Waals surface area contributed by atoms with Crippen LogP contribution in [0.25, 0.3) is 0 Å². The molecule has 3 N–H and O–H groups in total. The smallest absolute Gasteiger partial charge is 0.318 e. The third-order valence-electron chi connectivity index (χ3n) is 3.05. The minimum absolute atomic E-state index is 0.0335. The summed E-state index contributed by atoms with van der Waals surface area (Å²) in [5.74, 6) is -1.31. The molecular weight excluding hydrogens is 312 g/mol. The maximum Gasteiger partial charge on any atom is 0.318 e. The number of carboxylic acid groups (broad SMARTS) is 1. The molecule has 0 saturated heterocycles. The van der Waals surface area contributed by atoms with Gasteiger partial charge in [0.2, 0.25) is 10.0 Å². The average molecular weight is 328 g/mol. The van der Waals surface area contributed by atoms with Crippen molar-refractivity contribution in [3.8, 4) is 5.75 Å². The maximum absolute atomic E-state index is 11.9. The third-order valence-corrected chi connectivity index (χ3v) is 4.45. The zero-order chi connectivity index (χ0) is 16.5. The molecule has 1 aromatic carbocycles. The van der Waals surface area contributed by atoms with Crippen molar-refractivity contribution < 1.29 is 27.9 Å². The molecule has 0 bridgehead atoms. The Balaban J connectivity index is 2.28. The number of ether oxygens (including phenoxy) is 1. The monoisotopic (exact) mass is 328 g/mol. The fraction of sp³-hybridized carbons (Fsp3) is 0.385. The Bertz CT molecular complexity index is 713. The van der Waals surface area contributed by atoms with Crippen LogP contribution in [0.3, 0.4) is 0 Å². The van der Waals surface area contributed by atoms with Crippen molar-refractivity contribution in [1.29, 1.82) is 0 Å². The van der Waals surface area contributed by atoms with Gasteiger partial charge in [-0.2, -0.15) is 4.72 Å². The second-order valence-electron chi connectivity index (χ2n) is 5.15. The molecule has 0 saturated carbocycles. The molecule has 0 aromatic heterocycles. The summed E-state index contributed by atoms with van der Waals surface area (Å²) >= 11 is 0. The minimum atomic E-state index is -3.97. The maximum atomic E-state index is 11.9. The van der Waals surface area contributed by atoms with Gasteiger partial charge in [0.05, 0.1) is 10.6 Å². The number of sulfonamides is 1. The molecule has 120 valence electrons. The molecule has 22 heavy (non-hydrogen) atoms. The van der Waals surface area contributed by atoms with Crippen molar-refractivity contribution in [2.75, 3.05) is 11.9 Å². The highest BCUT2D eigenvalue weighted by Gasteiger charge is 2.31. The summed E-state index contributed by atoms with van der Waals surface area (Å²) < 4.78 is 31.4. The first-order valence-corrected chi connectivity index (χ1v) is 8.02. The van der Waals surface area contributed by atoms with E-state index in [4.69, 9.17) is 9.84 Å². The largest absolute Gasteiger partial charge is 0.480 e. The zero-order valence-electron chi connectivity index (χ0n) is 12.0. The first-order chi connectivity index (χ1) is 10.2. The number of amides is 1. The second kappa shape index (κ2) is 5.93. The number of aliphatic carboxylic acids is 1. The van der Waals surface area contributed by atoms with E-state index in [2.05, 4.69) is 5.32 Å². The molecule has 1 aromatic rings. The Hall–Kier alpha value is -2.13. The lowest BCUT2D eigenvalue weighted by molar-refractivity contribution is -0.135. The van der Waals surface area contributed by atoms with Gasteiger partial charge in [-0.15, -0.1) is 0 Å². The van der Waals surface area contributed by atoms with Crippen molar-refractivity contribution in [1.82, 2.24) is 4.72 Å². The van der Waals surface area contributed by atoms with Crippen LogP contribution < -0.4 is 14.8 Å². The van der Waals surface area contributed by atoms with Gasteiger partial charge in [0.15, 0.2) is 6.10 Å². The molecule has 1 amide bonds. The Morgan fingerprint density at radius 2 is 2.14 bits per heavy atom. The number of nitrogens with one attached hydrogen (secondary N) is 2. The molecule has 1 unspecified atom stereocenters. The summed E-state index contributed by atoms with van der Waals surface area (Å²) in [5.41, 5.74) is 0.236. The Morgan fingerprint density at radius 3 is 2.73 bits per heavy atom. The first kappa shape index (κ1) is 16.2. The van der Waals surface area contributed by atoms with E-state index in [9.17, 15) is 18.0 Å². The molecule has 0 fully saturated rings. The van der Waals surface area contributed by atoms with Crippen LogP contribution in [0.1, 0.15) is 13.8 Å². The van der Waals surface area contributed by atoms with Crippen molar-refractivity contribution >= 4 is 27.6 Å². The number of benzene rings is 1. The topological polar surface area (TPSA) is 122 Å². The van der Waals surface area contributed by atoms with E-state index in [-0.39, 0.29) is 22.4 Å². The van der Waals surface area contributed by atoms with Crippen LogP contribution in [0.4, 0.5) is 5.69 Å². The van der Waals surface area contributed by atoms with Crippen molar-refractivity contribution in [2.45, 2.75) is 24.8 Å². The fourth-order valence-electron chi connectivity index (χ4n) is 1.95. The standard InChI is InChI=1S/C13H16N2O6S/c1-7(2)12-13(18)15-9-5-8(3-4-10(9)21-12)22(19,20)14-6-11(16)17/h3-5,7,12,14H,6H2,1-2H3,(H,15,18)(H,16,17). The highest BCUT2D eigenvalue weighted by atomic mass is 32.2. The normalized spacial score (nSPS) is 17.6. The third kappa shape index (κ3) is 3.37. The number of fused-ring (bicyclic) bond motifs is 1. The van der Waals surface area contributed by atoms with Crippen molar-refractivity contribution in [3.05, 3.63) is 18.2 Å². The van der Waals surface area contributed by atoms with Gasteiger partial charge in [-0.05, 0) is 24.1 Å². The van der Waals surface area contributed by atoms with Crippen LogP contribution in [0.2, 0.25) is 0 Å². The molecule has 0 spiro atoms. The number of rotatable bonds is 5. The van der Waals surface area contributed by atoms with E-state index in [0.29, 0.717) is 5.75 Å². The molecule has 0 aliphatic carbocycles. The number of anilines is 1. The van der Waals surface area contributed by atoms with Crippen LogP contribution in [0.5, 0.6) is 5.75 Å². The molecular formula is C13H16N2O6S. The van der Waals surface area contributed by atoms with Gasteiger partial charge >= 0.3 is 5.97 Å². The van der Waals surface area contributed by atoms with Gasteiger partial charge in [0.25, 0.3) is 5.91 Å². The number of carboxylic acids is 1. The molecule has 1 atom stereocenters. The van der Waals surface area contributed by atoms with Crippen molar-refractivity contribution in [3.63, 3.8) is 0 Å². The van der Waals surface area contributed by atoms with E-state index in [1.54, 1.807) is 0 Å². The predicted octanol–water partition coefficient (Wildman–Crippen LogP) is 0.405. The lowest BCUT2D eigenvalue weighted by Gasteiger charge is -2.28. The lowest BCUT2D eigenvalue weighted by Crippen LogP contribution is -2.40. The Morgan fingerprint density at radius 1 is 1.45 bits per heavy atom. The van der Waals surface area contributed by atoms with Gasteiger partial charge in [-0.3, -0.25) is 9.59 Å². The highest BCUT2D eigenvalue weighted by Crippen LogP contribution is 2.33. The molecule has 9 heteroatoms. The summed E-state index contributed by atoms with van der Waals surface area (Å²) in [7, 11) is -3.97. The van der Waals surface area contributed by atoms with Crippen molar-refractivity contribution in [2.24, 2.45) is 5.92 Å². The molecule has 8 nitrogen and oxygen atoms in total. The van der Waals surface area contributed by atoms with Crippen LogP contribution >= 0.6 is 0 Å². The Labute approximate surface area is 127 Å². The second-order valence-corrected chi connectivity index (χ2v) is 6.91. The van der Waals surface area contributed by atoms with Crippen LogP contribution in [0, 0.1) is 5.92 Å². The highest BCUT2D eigenvalue weighted by molar-refractivity contribution is 7.89. The molecule has 0 radical (unpaired) electrons.